The van der Waals surface area contributed by atoms with Crippen LogP contribution in [-0.4, -0.2) is 10.9 Å². The van der Waals surface area contributed by atoms with Crippen LogP contribution in [0.3, 0.4) is 0 Å². The Morgan fingerprint density at radius 2 is 1.95 bits per heavy atom. The number of nitrogens with one attached hydrogen (secondary N) is 1. The van der Waals surface area contributed by atoms with Crippen LogP contribution in [0.5, 0.6) is 0 Å². The van der Waals surface area contributed by atoms with E-state index < -0.39 is 0 Å². The monoisotopic (exact) mass is 300 g/mol. The fourth-order valence-electron chi connectivity index (χ4n) is 1.77. The largest absolute Gasteiger partial charge is 0.346 e. The van der Waals surface area contributed by atoms with Crippen molar-refractivity contribution in [1.29, 1.82) is 0 Å². The SMILES string of the molecule is O=C(NCc1csc(-c2ccccc2)n1)c1cccs1. The maximum atomic E-state index is 11.8. The Bertz CT molecular complexity index is 690. The van der Waals surface area contributed by atoms with Gasteiger partial charge in [-0.25, -0.2) is 4.98 Å². The predicted octanol–water partition coefficient (Wildman–Crippen LogP) is 3.80. The Morgan fingerprint density at radius 1 is 1.10 bits per heavy atom. The van der Waals surface area contributed by atoms with E-state index in [1.165, 1.54) is 11.3 Å². The van der Waals surface area contributed by atoms with Crippen LogP contribution in [0.2, 0.25) is 0 Å². The molecule has 20 heavy (non-hydrogen) atoms. The molecule has 0 radical (unpaired) electrons. The van der Waals surface area contributed by atoms with Crippen molar-refractivity contribution in [3.8, 4) is 10.6 Å². The van der Waals surface area contributed by atoms with Gasteiger partial charge in [-0.15, -0.1) is 22.7 Å². The Labute approximate surface area is 124 Å². The topological polar surface area (TPSA) is 42.0 Å². The first-order chi connectivity index (χ1) is 9.83. The maximum Gasteiger partial charge on any atom is 0.261 e. The third kappa shape index (κ3) is 2.95. The van der Waals surface area contributed by atoms with Crippen molar-refractivity contribution < 1.29 is 4.79 Å². The fraction of sp³-hybridized carbons (Fsp3) is 0.0667. The zero-order valence-electron chi connectivity index (χ0n) is 10.6. The van der Waals surface area contributed by atoms with Gasteiger partial charge in [0.05, 0.1) is 17.1 Å². The van der Waals surface area contributed by atoms with Crippen molar-refractivity contribution in [3.05, 3.63) is 63.8 Å². The van der Waals surface area contributed by atoms with E-state index in [1.54, 1.807) is 11.3 Å². The number of carbonyl (C=O) groups is 1. The predicted molar refractivity (Wildman–Crippen MR) is 83.0 cm³/mol. The van der Waals surface area contributed by atoms with Gasteiger partial charge in [0.1, 0.15) is 5.01 Å². The van der Waals surface area contributed by atoms with Crippen LogP contribution in [0.25, 0.3) is 10.6 Å². The van der Waals surface area contributed by atoms with E-state index in [-0.39, 0.29) is 5.91 Å². The van der Waals surface area contributed by atoms with Crippen LogP contribution >= 0.6 is 22.7 Å². The minimum Gasteiger partial charge on any atom is -0.346 e. The summed E-state index contributed by atoms with van der Waals surface area (Å²) in [5.74, 6) is -0.0470. The molecule has 0 unspecified atom stereocenters. The van der Waals surface area contributed by atoms with E-state index in [2.05, 4.69) is 10.3 Å². The van der Waals surface area contributed by atoms with Gasteiger partial charge < -0.3 is 5.32 Å². The lowest BCUT2D eigenvalue weighted by Crippen LogP contribution is -2.21. The Balaban J connectivity index is 1.65. The van der Waals surface area contributed by atoms with Gasteiger partial charge in [0.15, 0.2) is 0 Å². The van der Waals surface area contributed by atoms with Crippen LogP contribution in [0, 0.1) is 0 Å². The van der Waals surface area contributed by atoms with E-state index in [1.807, 2.05) is 53.2 Å². The van der Waals surface area contributed by atoms with E-state index in [9.17, 15) is 4.79 Å². The third-order valence-electron chi connectivity index (χ3n) is 2.75. The van der Waals surface area contributed by atoms with Gasteiger partial charge in [0.2, 0.25) is 0 Å². The number of amides is 1. The van der Waals surface area contributed by atoms with Gasteiger partial charge in [-0.05, 0) is 11.4 Å². The molecule has 0 aliphatic heterocycles. The molecule has 0 bridgehead atoms. The van der Waals surface area contributed by atoms with E-state index >= 15 is 0 Å². The molecule has 0 saturated heterocycles. The molecule has 2 aromatic heterocycles. The smallest absolute Gasteiger partial charge is 0.261 e. The Kier molecular flexibility index (Phi) is 3.90. The summed E-state index contributed by atoms with van der Waals surface area (Å²) in [5.41, 5.74) is 1.99. The standard InChI is InChI=1S/C15H12N2OS2/c18-14(13-7-4-8-19-13)16-9-12-10-20-15(17-12)11-5-2-1-3-6-11/h1-8,10H,9H2,(H,16,18). The molecule has 3 rings (SSSR count). The average molecular weight is 300 g/mol. The molecule has 1 amide bonds. The number of benzene rings is 1. The molecule has 5 heteroatoms. The van der Waals surface area contributed by atoms with Crippen molar-refractivity contribution >= 4 is 28.6 Å². The first-order valence-electron chi connectivity index (χ1n) is 6.14. The Morgan fingerprint density at radius 3 is 2.70 bits per heavy atom. The lowest BCUT2D eigenvalue weighted by Gasteiger charge is -2.00. The number of aromatic nitrogens is 1. The first-order valence-corrected chi connectivity index (χ1v) is 7.90. The summed E-state index contributed by atoms with van der Waals surface area (Å²) in [6, 6.07) is 13.7. The highest BCUT2D eigenvalue weighted by Crippen LogP contribution is 2.23. The lowest BCUT2D eigenvalue weighted by atomic mass is 10.2. The quantitative estimate of drug-likeness (QED) is 0.796. The van der Waals surface area contributed by atoms with Crippen LogP contribution < -0.4 is 5.32 Å². The molecule has 0 atom stereocenters. The molecule has 0 spiro atoms. The van der Waals surface area contributed by atoms with Crippen molar-refractivity contribution in [2.24, 2.45) is 0 Å². The molecular formula is C15H12N2OS2. The number of thiazole rings is 1. The number of rotatable bonds is 4. The van der Waals surface area contributed by atoms with Gasteiger partial charge in [-0.1, -0.05) is 36.4 Å². The lowest BCUT2D eigenvalue weighted by molar-refractivity contribution is 0.0954. The van der Waals surface area contributed by atoms with Crippen molar-refractivity contribution in [2.45, 2.75) is 6.54 Å². The van der Waals surface area contributed by atoms with Gasteiger partial charge in [-0.3, -0.25) is 4.79 Å². The number of hydrogen-bond donors (Lipinski definition) is 1. The highest BCUT2D eigenvalue weighted by molar-refractivity contribution is 7.13. The summed E-state index contributed by atoms with van der Waals surface area (Å²) >= 11 is 3.03. The summed E-state index contributed by atoms with van der Waals surface area (Å²) in [4.78, 5) is 17.1. The van der Waals surface area contributed by atoms with Crippen LogP contribution in [0.15, 0.2) is 53.2 Å². The Hall–Kier alpha value is -1.98. The summed E-state index contributed by atoms with van der Waals surface area (Å²) in [5, 5.41) is 7.74. The number of hydrogen-bond acceptors (Lipinski definition) is 4. The summed E-state index contributed by atoms with van der Waals surface area (Å²) in [6.07, 6.45) is 0. The molecule has 100 valence electrons. The van der Waals surface area contributed by atoms with Crippen molar-refractivity contribution in [2.75, 3.05) is 0 Å². The number of carbonyl (C=O) groups excluding carboxylic acids is 1. The zero-order valence-corrected chi connectivity index (χ0v) is 12.2. The van der Waals surface area contributed by atoms with Crippen molar-refractivity contribution in [1.82, 2.24) is 10.3 Å². The van der Waals surface area contributed by atoms with Gasteiger partial charge in [0.25, 0.3) is 5.91 Å². The maximum absolute atomic E-state index is 11.8. The number of thiophene rings is 1. The second-order valence-electron chi connectivity index (χ2n) is 4.17. The minimum atomic E-state index is -0.0470. The van der Waals surface area contributed by atoms with Crippen LogP contribution in [0.4, 0.5) is 0 Å². The van der Waals surface area contributed by atoms with E-state index in [0.29, 0.717) is 6.54 Å². The highest BCUT2D eigenvalue weighted by Gasteiger charge is 2.08. The summed E-state index contributed by atoms with van der Waals surface area (Å²) < 4.78 is 0. The molecule has 1 aromatic carbocycles. The minimum absolute atomic E-state index is 0.0470. The molecule has 2 heterocycles. The van der Waals surface area contributed by atoms with Crippen LogP contribution in [-0.2, 0) is 6.54 Å². The van der Waals surface area contributed by atoms with E-state index in [0.717, 1.165) is 21.1 Å². The van der Waals surface area contributed by atoms with Crippen molar-refractivity contribution in [3.63, 3.8) is 0 Å². The fourth-order valence-corrected chi connectivity index (χ4v) is 3.23. The second-order valence-corrected chi connectivity index (χ2v) is 5.98. The van der Waals surface area contributed by atoms with Gasteiger partial charge in [0, 0.05) is 10.9 Å². The van der Waals surface area contributed by atoms with Gasteiger partial charge >= 0.3 is 0 Å². The van der Waals surface area contributed by atoms with Gasteiger partial charge in [-0.2, -0.15) is 0 Å². The summed E-state index contributed by atoms with van der Waals surface area (Å²) in [7, 11) is 0. The zero-order chi connectivity index (χ0) is 13.8. The molecule has 3 nitrogen and oxygen atoms in total. The third-order valence-corrected chi connectivity index (χ3v) is 4.56. The molecule has 3 aromatic rings. The second kappa shape index (κ2) is 5.98. The molecule has 0 aliphatic rings. The molecular weight excluding hydrogens is 288 g/mol. The molecule has 0 saturated carbocycles. The van der Waals surface area contributed by atoms with E-state index in [4.69, 9.17) is 0 Å². The summed E-state index contributed by atoms with van der Waals surface area (Å²) in [6.45, 7) is 0.458. The van der Waals surface area contributed by atoms with Crippen LogP contribution in [0.1, 0.15) is 15.4 Å². The first kappa shape index (κ1) is 13.0. The number of nitrogens with zero attached hydrogens (tertiary/aromatic N) is 1. The normalized spacial score (nSPS) is 10.4. The molecule has 0 fully saturated rings. The highest BCUT2D eigenvalue weighted by atomic mass is 32.1. The molecule has 0 aliphatic carbocycles. The average Bonchev–Trinajstić information content (AvgIpc) is 3.17. The molecule has 1 N–H and O–H groups in total.